The van der Waals surface area contributed by atoms with Gasteiger partial charge >= 0.3 is 5.97 Å². The molecule has 0 saturated heterocycles. The van der Waals surface area contributed by atoms with Crippen molar-refractivity contribution in [2.45, 2.75) is 6.92 Å². The summed E-state index contributed by atoms with van der Waals surface area (Å²) >= 11 is 2.89. The molecule has 66 valence electrons. The van der Waals surface area contributed by atoms with Crippen molar-refractivity contribution in [3.05, 3.63) is 16.4 Å². The molecule has 0 spiro atoms. The first-order valence-corrected chi connectivity index (χ1v) is 4.02. The van der Waals surface area contributed by atoms with Crippen molar-refractivity contribution in [2.24, 2.45) is 0 Å². The summed E-state index contributed by atoms with van der Waals surface area (Å²) in [5.74, 6) is -1.60. The third kappa shape index (κ3) is 1.82. The van der Waals surface area contributed by atoms with Gasteiger partial charge < -0.3 is 9.72 Å². The van der Waals surface area contributed by atoms with Crippen molar-refractivity contribution < 1.29 is 13.9 Å². The molecule has 4 nitrogen and oxygen atoms in total. The highest BCUT2D eigenvalue weighted by Gasteiger charge is 2.16. The van der Waals surface area contributed by atoms with Crippen molar-refractivity contribution in [3.63, 3.8) is 0 Å². The van der Waals surface area contributed by atoms with Crippen molar-refractivity contribution in [3.8, 4) is 0 Å². The van der Waals surface area contributed by atoms with Crippen molar-refractivity contribution >= 4 is 21.9 Å². The lowest BCUT2D eigenvalue weighted by Gasteiger charge is -1.96. The number of nitrogens with zero attached hydrogens (tertiary/aromatic N) is 1. The van der Waals surface area contributed by atoms with E-state index in [0.29, 0.717) is 0 Å². The van der Waals surface area contributed by atoms with Gasteiger partial charge in [-0.2, -0.15) is 9.37 Å². The van der Waals surface area contributed by atoms with E-state index in [1.54, 1.807) is 6.92 Å². The minimum Gasteiger partial charge on any atom is -0.461 e. The van der Waals surface area contributed by atoms with E-state index in [4.69, 9.17) is 0 Å². The van der Waals surface area contributed by atoms with Crippen LogP contribution in [-0.2, 0) is 4.74 Å². The number of rotatable bonds is 2. The molecule has 12 heavy (non-hydrogen) atoms. The predicted molar refractivity (Wildman–Crippen MR) is 42.2 cm³/mol. The lowest BCUT2D eigenvalue weighted by atomic mass is 10.5. The molecule has 1 rings (SSSR count). The summed E-state index contributed by atoms with van der Waals surface area (Å²) in [7, 11) is 0. The number of imidazole rings is 1. The maximum Gasteiger partial charge on any atom is 0.359 e. The van der Waals surface area contributed by atoms with Gasteiger partial charge in [-0.15, -0.1) is 0 Å². The van der Waals surface area contributed by atoms with Crippen molar-refractivity contribution in [2.75, 3.05) is 6.61 Å². The molecule has 0 radical (unpaired) electrons. The first kappa shape index (κ1) is 9.18. The van der Waals surface area contributed by atoms with Crippen LogP contribution >= 0.6 is 15.9 Å². The number of hydrogen-bond donors (Lipinski definition) is 1. The molecule has 0 unspecified atom stereocenters. The van der Waals surface area contributed by atoms with E-state index in [1.165, 1.54) is 0 Å². The lowest BCUT2D eigenvalue weighted by Crippen LogP contribution is -2.06. The van der Waals surface area contributed by atoms with Gasteiger partial charge in [0.05, 0.1) is 6.61 Å². The molecular formula is C6H6BrFN2O2. The summed E-state index contributed by atoms with van der Waals surface area (Å²) in [5, 5.41) is 0. The molecule has 1 aromatic rings. The summed E-state index contributed by atoms with van der Waals surface area (Å²) in [6.07, 6.45) is 0. The molecule has 0 aromatic carbocycles. The van der Waals surface area contributed by atoms with E-state index in [2.05, 4.69) is 30.6 Å². The number of hydrogen-bond acceptors (Lipinski definition) is 3. The Morgan fingerprint density at radius 2 is 2.50 bits per heavy atom. The van der Waals surface area contributed by atoms with E-state index in [0.717, 1.165) is 0 Å². The van der Waals surface area contributed by atoms with E-state index in [1.807, 2.05) is 0 Å². The molecule has 0 aliphatic rings. The highest BCUT2D eigenvalue weighted by atomic mass is 79.9. The molecular weight excluding hydrogens is 231 g/mol. The zero-order valence-electron chi connectivity index (χ0n) is 6.23. The Bertz CT molecular complexity index is 300. The normalized spacial score (nSPS) is 9.92. The molecule has 0 fully saturated rings. The van der Waals surface area contributed by atoms with Crippen LogP contribution in [0.2, 0.25) is 0 Å². The third-order valence-corrected chi connectivity index (χ3v) is 1.49. The van der Waals surface area contributed by atoms with Crippen LogP contribution in [0.5, 0.6) is 0 Å². The Kier molecular flexibility index (Phi) is 2.80. The van der Waals surface area contributed by atoms with Gasteiger partial charge in [0.15, 0.2) is 10.4 Å². The standard InChI is InChI=1S/C6H6BrFN2O2/c1-2-12-5(11)3-4(8)10-6(7)9-3/h2H2,1H3,(H,9,10). The largest absolute Gasteiger partial charge is 0.461 e. The quantitative estimate of drug-likeness (QED) is 0.792. The van der Waals surface area contributed by atoms with Crippen LogP contribution < -0.4 is 0 Å². The number of halogens is 2. The zero-order chi connectivity index (χ0) is 9.14. The Morgan fingerprint density at radius 1 is 1.83 bits per heavy atom. The number of nitrogens with one attached hydrogen (secondary N) is 1. The number of carbonyl (C=O) groups is 1. The lowest BCUT2D eigenvalue weighted by molar-refractivity contribution is 0.0514. The zero-order valence-corrected chi connectivity index (χ0v) is 7.81. The average Bonchev–Trinajstić information content (AvgIpc) is 2.30. The molecule has 6 heteroatoms. The predicted octanol–water partition coefficient (Wildman–Crippen LogP) is 1.49. The van der Waals surface area contributed by atoms with Gasteiger partial charge in [0, 0.05) is 0 Å². The monoisotopic (exact) mass is 236 g/mol. The van der Waals surface area contributed by atoms with Gasteiger partial charge in [0.25, 0.3) is 0 Å². The summed E-state index contributed by atoms with van der Waals surface area (Å²) in [4.78, 5) is 16.6. The fraction of sp³-hybridized carbons (Fsp3) is 0.333. The first-order chi connectivity index (χ1) is 5.65. The second kappa shape index (κ2) is 3.66. The van der Waals surface area contributed by atoms with Crippen LogP contribution in [0.15, 0.2) is 4.73 Å². The number of carbonyl (C=O) groups excluding carboxylic acids is 1. The van der Waals surface area contributed by atoms with Crippen LogP contribution in [0.4, 0.5) is 4.39 Å². The van der Waals surface area contributed by atoms with Gasteiger partial charge in [0.1, 0.15) is 0 Å². The van der Waals surface area contributed by atoms with Crippen LogP contribution in [0.3, 0.4) is 0 Å². The first-order valence-electron chi connectivity index (χ1n) is 3.23. The molecule has 1 N–H and O–H groups in total. The molecule has 0 aliphatic heterocycles. The number of ether oxygens (including phenoxy) is 1. The van der Waals surface area contributed by atoms with Gasteiger partial charge in [-0.25, -0.2) is 4.79 Å². The van der Waals surface area contributed by atoms with Gasteiger partial charge in [-0.1, -0.05) is 0 Å². The summed E-state index contributed by atoms with van der Waals surface area (Å²) in [6, 6.07) is 0. The van der Waals surface area contributed by atoms with Crippen LogP contribution in [0.1, 0.15) is 17.4 Å². The molecule has 1 aromatic heterocycles. The number of aromatic amines is 1. The summed E-state index contributed by atoms with van der Waals surface area (Å²) in [5.41, 5.74) is -0.260. The van der Waals surface area contributed by atoms with E-state index in [9.17, 15) is 9.18 Å². The second-order valence-electron chi connectivity index (χ2n) is 1.91. The topological polar surface area (TPSA) is 55.0 Å². The average molecular weight is 237 g/mol. The molecule has 0 atom stereocenters. The second-order valence-corrected chi connectivity index (χ2v) is 2.67. The van der Waals surface area contributed by atoms with E-state index >= 15 is 0 Å². The summed E-state index contributed by atoms with van der Waals surface area (Å²) < 4.78 is 17.4. The maximum absolute atomic E-state index is 12.7. The molecule has 0 amide bonds. The Morgan fingerprint density at radius 3 is 2.92 bits per heavy atom. The van der Waals surface area contributed by atoms with Crippen molar-refractivity contribution in [1.82, 2.24) is 9.97 Å². The fourth-order valence-electron chi connectivity index (χ4n) is 0.663. The Hall–Kier alpha value is -0.910. The van der Waals surface area contributed by atoms with Gasteiger partial charge in [-0.05, 0) is 22.9 Å². The molecule has 0 aliphatic carbocycles. The SMILES string of the molecule is CCOC(=O)c1[nH]c(Br)nc1F. The van der Waals surface area contributed by atoms with E-state index < -0.39 is 11.9 Å². The summed E-state index contributed by atoms with van der Waals surface area (Å²) in [6.45, 7) is 1.84. The maximum atomic E-state index is 12.7. The molecule has 0 bridgehead atoms. The van der Waals surface area contributed by atoms with Crippen LogP contribution in [0, 0.1) is 5.95 Å². The van der Waals surface area contributed by atoms with Crippen molar-refractivity contribution in [1.29, 1.82) is 0 Å². The third-order valence-electron chi connectivity index (χ3n) is 1.11. The van der Waals surface area contributed by atoms with E-state index in [-0.39, 0.29) is 17.0 Å². The smallest absolute Gasteiger partial charge is 0.359 e. The Labute approximate surface area is 76.3 Å². The number of esters is 1. The van der Waals surface area contributed by atoms with Gasteiger partial charge in [0.2, 0.25) is 5.95 Å². The molecule has 0 saturated carbocycles. The minimum atomic E-state index is -0.861. The van der Waals surface area contributed by atoms with Gasteiger partial charge in [-0.3, -0.25) is 0 Å². The number of aromatic nitrogens is 2. The minimum absolute atomic E-state index is 0.169. The highest BCUT2D eigenvalue weighted by Crippen LogP contribution is 2.10. The highest BCUT2D eigenvalue weighted by molar-refractivity contribution is 9.10. The van der Waals surface area contributed by atoms with Crippen LogP contribution in [-0.4, -0.2) is 22.5 Å². The van der Waals surface area contributed by atoms with Crippen LogP contribution in [0.25, 0.3) is 0 Å². The number of H-pyrrole nitrogens is 1. The Balaban J connectivity index is 2.87. The molecule has 1 heterocycles. The fourth-order valence-corrected chi connectivity index (χ4v) is 1.02.